The molecule has 3 heterocycles. The van der Waals surface area contributed by atoms with Crippen LogP contribution in [0.4, 0.5) is 4.79 Å². The number of hydrogen-bond acceptors (Lipinski definition) is 5. The summed E-state index contributed by atoms with van der Waals surface area (Å²) in [6, 6.07) is 20.1. The van der Waals surface area contributed by atoms with Gasteiger partial charge in [0, 0.05) is 24.9 Å². The van der Waals surface area contributed by atoms with Gasteiger partial charge in [0.25, 0.3) is 5.91 Å². The van der Waals surface area contributed by atoms with Crippen molar-refractivity contribution < 1.29 is 9.59 Å². The number of nitrogens with one attached hydrogen (secondary N) is 1. The van der Waals surface area contributed by atoms with E-state index in [1.54, 1.807) is 11.3 Å². The molecule has 164 valence electrons. The molecular formula is C25H26N4O2S. The Labute approximate surface area is 191 Å². The van der Waals surface area contributed by atoms with E-state index in [0.29, 0.717) is 13.0 Å². The average Bonchev–Trinajstić information content (AvgIpc) is 3.33. The fourth-order valence-corrected chi connectivity index (χ4v) is 5.47. The smallest absolute Gasteiger partial charge is 0.322 e. The Morgan fingerprint density at radius 3 is 2.44 bits per heavy atom. The molecule has 2 aliphatic rings. The van der Waals surface area contributed by atoms with Crippen LogP contribution < -0.4 is 5.32 Å². The highest BCUT2D eigenvalue weighted by molar-refractivity contribution is 7.09. The molecule has 1 atom stereocenters. The van der Waals surface area contributed by atoms with Crippen molar-refractivity contribution in [1.29, 1.82) is 0 Å². The zero-order chi connectivity index (χ0) is 22.0. The normalized spacial score (nSPS) is 21.3. The van der Waals surface area contributed by atoms with Gasteiger partial charge in [-0.1, -0.05) is 60.7 Å². The zero-order valence-electron chi connectivity index (χ0n) is 17.9. The number of piperidine rings is 1. The Kier molecular flexibility index (Phi) is 5.76. The second-order valence-electron chi connectivity index (χ2n) is 8.60. The van der Waals surface area contributed by atoms with Crippen molar-refractivity contribution in [2.45, 2.75) is 37.9 Å². The lowest BCUT2D eigenvalue weighted by Gasteiger charge is -2.38. The molecule has 0 bridgehead atoms. The third-order valence-electron chi connectivity index (χ3n) is 6.18. The highest BCUT2D eigenvalue weighted by atomic mass is 32.1. The molecule has 7 heteroatoms. The summed E-state index contributed by atoms with van der Waals surface area (Å²) < 4.78 is 0. The van der Waals surface area contributed by atoms with Gasteiger partial charge in [-0.2, -0.15) is 0 Å². The van der Waals surface area contributed by atoms with Crippen LogP contribution in [0.15, 0.2) is 66.0 Å². The Morgan fingerprint density at radius 2 is 1.69 bits per heavy atom. The number of benzene rings is 2. The minimum Gasteiger partial charge on any atom is -0.322 e. The van der Waals surface area contributed by atoms with E-state index in [4.69, 9.17) is 0 Å². The van der Waals surface area contributed by atoms with Gasteiger partial charge in [-0.15, -0.1) is 11.3 Å². The van der Waals surface area contributed by atoms with Crippen LogP contribution in [-0.4, -0.2) is 45.4 Å². The Balaban J connectivity index is 1.26. The van der Waals surface area contributed by atoms with E-state index in [1.165, 1.54) is 16.0 Å². The third kappa shape index (κ3) is 4.31. The van der Waals surface area contributed by atoms with Crippen molar-refractivity contribution in [3.63, 3.8) is 0 Å². The fraction of sp³-hybridized carbons (Fsp3) is 0.320. The first-order valence-electron chi connectivity index (χ1n) is 11.0. The molecule has 32 heavy (non-hydrogen) atoms. The maximum atomic E-state index is 13.4. The van der Waals surface area contributed by atoms with Crippen molar-refractivity contribution in [2.75, 3.05) is 13.1 Å². The molecule has 2 aliphatic heterocycles. The number of imide groups is 1. The lowest BCUT2D eigenvalue weighted by atomic mass is 9.88. The summed E-state index contributed by atoms with van der Waals surface area (Å²) in [5.74, 6) is -0.127. The number of carbonyl (C=O) groups is 2. The van der Waals surface area contributed by atoms with Gasteiger partial charge in [0.2, 0.25) is 0 Å². The molecule has 1 unspecified atom stereocenters. The monoisotopic (exact) mass is 446 g/mol. The predicted octanol–water partition coefficient (Wildman–Crippen LogP) is 3.82. The average molecular weight is 447 g/mol. The summed E-state index contributed by atoms with van der Waals surface area (Å²) in [5, 5.41) is 5.96. The van der Waals surface area contributed by atoms with Gasteiger partial charge in [-0.05, 0) is 30.5 Å². The summed E-state index contributed by atoms with van der Waals surface area (Å²) in [5.41, 5.74) is 2.35. The van der Waals surface area contributed by atoms with E-state index >= 15 is 0 Å². The molecule has 0 aliphatic carbocycles. The Morgan fingerprint density at radius 1 is 0.969 bits per heavy atom. The highest BCUT2D eigenvalue weighted by Crippen LogP contribution is 2.30. The Hall–Kier alpha value is -3.03. The minimum absolute atomic E-state index is 0.127. The summed E-state index contributed by atoms with van der Waals surface area (Å²) in [4.78, 5) is 34.4. The maximum absolute atomic E-state index is 13.4. The van der Waals surface area contributed by atoms with Crippen molar-refractivity contribution >= 4 is 23.3 Å². The minimum atomic E-state index is -0.826. The number of hydrogen-bond donors (Lipinski definition) is 1. The number of nitrogens with zero attached hydrogens (tertiary/aromatic N) is 3. The van der Waals surface area contributed by atoms with Gasteiger partial charge >= 0.3 is 6.03 Å². The van der Waals surface area contributed by atoms with E-state index < -0.39 is 5.54 Å². The molecule has 2 aromatic carbocycles. The lowest BCUT2D eigenvalue weighted by molar-refractivity contribution is -0.133. The van der Waals surface area contributed by atoms with Gasteiger partial charge < -0.3 is 5.32 Å². The molecule has 3 amide bonds. The van der Waals surface area contributed by atoms with Gasteiger partial charge in [0.1, 0.15) is 5.54 Å². The van der Waals surface area contributed by atoms with Crippen LogP contribution in [0.25, 0.3) is 0 Å². The van der Waals surface area contributed by atoms with Crippen LogP contribution >= 0.6 is 11.3 Å². The number of aromatic nitrogens is 1. The Bertz CT molecular complexity index is 1100. The predicted molar refractivity (Wildman–Crippen MR) is 124 cm³/mol. The SMILES string of the molecule is O=C1NC2(CCCN(Cc3ccccc3)C2)C(=O)N1Cc1csc(Cc2ccccc2)n1. The number of likely N-dealkylation sites (tertiary alicyclic amines) is 1. The van der Waals surface area contributed by atoms with E-state index in [9.17, 15) is 9.59 Å². The molecule has 6 nitrogen and oxygen atoms in total. The summed E-state index contributed by atoms with van der Waals surface area (Å²) in [6.45, 7) is 2.46. The second kappa shape index (κ2) is 8.84. The van der Waals surface area contributed by atoms with E-state index in [1.807, 2.05) is 41.8 Å². The number of carbonyl (C=O) groups excluding carboxylic acids is 2. The molecule has 0 saturated carbocycles. The summed E-state index contributed by atoms with van der Waals surface area (Å²) in [6.07, 6.45) is 2.31. The fourth-order valence-electron chi connectivity index (χ4n) is 4.65. The number of rotatable bonds is 6. The van der Waals surface area contributed by atoms with Crippen molar-refractivity contribution in [2.24, 2.45) is 0 Å². The second-order valence-corrected chi connectivity index (χ2v) is 9.54. The van der Waals surface area contributed by atoms with Crippen LogP contribution in [0.5, 0.6) is 0 Å². The van der Waals surface area contributed by atoms with Gasteiger partial charge in [-0.25, -0.2) is 9.78 Å². The van der Waals surface area contributed by atoms with Crippen LogP contribution in [-0.2, 0) is 24.3 Å². The summed E-state index contributed by atoms with van der Waals surface area (Å²) in [7, 11) is 0. The van der Waals surface area contributed by atoms with Crippen molar-refractivity contribution in [3.8, 4) is 0 Å². The molecule has 0 radical (unpaired) electrons. The standard InChI is InChI=1S/C25H26N4O2S/c30-23-25(12-7-13-28(18-25)15-20-10-5-2-6-11-20)27-24(31)29(23)16-21-17-32-22(26-21)14-19-8-3-1-4-9-19/h1-6,8-11,17H,7,12-16,18H2,(H,27,31). The number of urea groups is 1. The van der Waals surface area contributed by atoms with Crippen molar-refractivity contribution in [1.82, 2.24) is 20.1 Å². The number of thiazole rings is 1. The first-order chi connectivity index (χ1) is 15.6. The molecule has 1 N–H and O–H groups in total. The largest absolute Gasteiger partial charge is 0.325 e. The summed E-state index contributed by atoms with van der Waals surface area (Å²) >= 11 is 1.57. The maximum Gasteiger partial charge on any atom is 0.325 e. The molecule has 3 aromatic rings. The quantitative estimate of drug-likeness (QED) is 0.585. The van der Waals surface area contributed by atoms with E-state index in [-0.39, 0.29) is 18.5 Å². The van der Waals surface area contributed by atoms with Crippen LogP contribution in [0.2, 0.25) is 0 Å². The van der Waals surface area contributed by atoms with Gasteiger partial charge in [0.15, 0.2) is 0 Å². The van der Waals surface area contributed by atoms with E-state index in [0.717, 1.165) is 36.6 Å². The highest BCUT2D eigenvalue weighted by Gasteiger charge is 2.52. The van der Waals surface area contributed by atoms with E-state index in [2.05, 4.69) is 39.5 Å². The van der Waals surface area contributed by atoms with Crippen LogP contribution in [0, 0.1) is 0 Å². The first-order valence-corrected chi connectivity index (χ1v) is 11.9. The lowest BCUT2D eigenvalue weighted by Crippen LogP contribution is -2.58. The third-order valence-corrected chi connectivity index (χ3v) is 7.08. The van der Waals surface area contributed by atoms with Crippen LogP contribution in [0.1, 0.15) is 34.7 Å². The molecule has 1 spiro atoms. The topological polar surface area (TPSA) is 65.5 Å². The molecular weight excluding hydrogens is 420 g/mol. The van der Waals surface area contributed by atoms with Gasteiger partial charge in [0.05, 0.1) is 17.2 Å². The van der Waals surface area contributed by atoms with Gasteiger partial charge in [-0.3, -0.25) is 14.6 Å². The molecule has 2 fully saturated rings. The first kappa shape index (κ1) is 20.8. The van der Waals surface area contributed by atoms with Crippen LogP contribution in [0.3, 0.4) is 0 Å². The zero-order valence-corrected chi connectivity index (χ0v) is 18.7. The van der Waals surface area contributed by atoms with Crippen molar-refractivity contribution in [3.05, 3.63) is 87.9 Å². The molecule has 2 saturated heterocycles. The molecule has 5 rings (SSSR count). The molecule has 1 aromatic heterocycles. The number of amides is 3.